The van der Waals surface area contributed by atoms with Gasteiger partial charge in [-0.15, -0.1) is 0 Å². The number of aryl methyl sites for hydroxylation is 1. The van der Waals surface area contributed by atoms with Gasteiger partial charge in [-0.25, -0.2) is 4.98 Å². The van der Waals surface area contributed by atoms with E-state index in [4.69, 9.17) is 10.2 Å². The Hall–Kier alpha value is -0.830. The van der Waals surface area contributed by atoms with Crippen LogP contribution in [0.2, 0.25) is 0 Å². The molecular weight excluding hydrogens is 164 g/mol. The third kappa shape index (κ3) is 1.61. The molecule has 72 valence electrons. The van der Waals surface area contributed by atoms with Crippen LogP contribution in [0.25, 0.3) is 0 Å². The molecule has 1 aromatic heterocycles. The number of nitrogens with two attached hydrogens (primary N) is 1. The zero-order chi connectivity index (χ0) is 9.42. The number of oxazole rings is 1. The molecule has 0 spiro atoms. The Morgan fingerprint density at radius 2 is 2.31 bits per heavy atom. The topological polar surface area (TPSA) is 52.0 Å². The van der Waals surface area contributed by atoms with Gasteiger partial charge in [-0.05, 0) is 6.42 Å². The van der Waals surface area contributed by atoms with Crippen molar-refractivity contribution in [2.45, 2.75) is 45.1 Å². The first-order valence-electron chi connectivity index (χ1n) is 4.91. The first-order chi connectivity index (χ1) is 6.16. The van der Waals surface area contributed by atoms with Crippen LogP contribution in [0.4, 0.5) is 0 Å². The zero-order valence-corrected chi connectivity index (χ0v) is 8.21. The van der Waals surface area contributed by atoms with Crippen LogP contribution in [0.3, 0.4) is 0 Å². The molecule has 2 N–H and O–H groups in total. The van der Waals surface area contributed by atoms with Crippen LogP contribution in [-0.4, -0.2) is 11.0 Å². The van der Waals surface area contributed by atoms with Crippen LogP contribution in [0.5, 0.6) is 0 Å². The van der Waals surface area contributed by atoms with Gasteiger partial charge in [0.15, 0.2) is 5.89 Å². The van der Waals surface area contributed by atoms with Crippen LogP contribution in [-0.2, 0) is 12.8 Å². The Labute approximate surface area is 78.3 Å². The lowest BCUT2D eigenvalue weighted by Gasteiger charge is -2.14. The van der Waals surface area contributed by atoms with E-state index in [1.807, 2.05) is 0 Å². The smallest absolute Gasteiger partial charge is 0.197 e. The second-order valence-electron chi connectivity index (χ2n) is 4.08. The minimum absolute atomic E-state index is 0.276. The standard InChI is InChI=1S/C10H16N2O/c1-6(2)10-12-8-5-7(11)3-4-9(8)13-10/h6-7H,3-5,11H2,1-2H3. The quantitative estimate of drug-likeness (QED) is 0.714. The maximum Gasteiger partial charge on any atom is 0.197 e. The molecule has 0 aromatic carbocycles. The summed E-state index contributed by atoms with van der Waals surface area (Å²) in [4.78, 5) is 4.45. The lowest BCUT2D eigenvalue weighted by molar-refractivity contribution is 0.414. The van der Waals surface area contributed by atoms with Gasteiger partial charge in [-0.3, -0.25) is 0 Å². The first kappa shape index (κ1) is 8.75. The molecule has 0 aliphatic heterocycles. The van der Waals surface area contributed by atoms with Crippen molar-refractivity contribution in [2.75, 3.05) is 0 Å². The molecule has 1 aliphatic rings. The predicted octanol–water partition coefficient (Wildman–Crippen LogP) is 1.61. The van der Waals surface area contributed by atoms with E-state index in [1.54, 1.807) is 0 Å². The Balaban J connectivity index is 2.28. The SMILES string of the molecule is CC(C)c1nc2c(o1)CCC(N)C2. The number of aromatic nitrogens is 1. The molecule has 1 unspecified atom stereocenters. The monoisotopic (exact) mass is 180 g/mol. The molecule has 1 aliphatic carbocycles. The number of fused-ring (bicyclic) bond motifs is 1. The van der Waals surface area contributed by atoms with E-state index in [1.165, 1.54) is 0 Å². The highest BCUT2D eigenvalue weighted by atomic mass is 16.4. The van der Waals surface area contributed by atoms with Crippen LogP contribution in [0.15, 0.2) is 4.42 Å². The fourth-order valence-corrected chi connectivity index (χ4v) is 1.67. The average Bonchev–Trinajstić information content (AvgIpc) is 2.46. The lowest BCUT2D eigenvalue weighted by Crippen LogP contribution is -2.27. The summed E-state index contributed by atoms with van der Waals surface area (Å²) in [6.07, 6.45) is 2.86. The second-order valence-corrected chi connectivity index (χ2v) is 4.08. The van der Waals surface area contributed by atoms with Crippen molar-refractivity contribution in [3.05, 3.63) is 17.3 Å². The maximum absolute atomic E-state index is 5.85. The van der Waals surface area contributed by atoms with Crippen LogP contribution in [0, 0.1) is 0 Å². The third-order valence-electron chi connectivity index (χ3n) is 2.49. The molecule has 2 rings (SSSR count). The van der Waals surface area contributed by atoms with E-state index in [2.05, 4.69) is 18.8 Å². The van der Waals surface area contributed by atoms with E-state index < -0.39 is 0 Å². The number of hydrogen-bond donors (Lipinski definition) is 1. The predicted molar refractivity (Wildman–Crippen MR) is 50.6 cm³/mol. The molecule has 3 nitrogen and oxygen atoms in total. The Morgan fingerprint density at radius 1 is 1.54 bits per heavy atom. The summed E-state index contributed by atoms with van der Waals surface area (Å²) >= 11 is 0. The average molecular weight is 180 g/mol. The first-order valence-corrected chi connectivity index (χ1v) is 4.91. The number of rotatable bonds is 1. The molecule has 1 atom stereocenters. The molecule has 0 saturated carbocycles. The van der Waals surface area contributed by atoms with Crippen molar-refractivity contribution >= 4 is 0 Å². The Bertz CT molecular complexity index is 304. The third-order valence-corrected chi connectivity index (χ3v) is 2.49. The molecule has 1 aromatic rings. The summed E-state index contributed by atoms with van der Waals surface area (Å²) in [6.45, 7) is 4.19. The summed E-state index contributed by atoms with van der Waals surface area (Å²) in [6, 6.07) is 0.276. The van der Waals surface area contributed by atoms with Crippen molar-refractivity contribution in [1.29, 1.82) is 0 Å². The highest BCUT2D eigenvalue weighted by Gasteiger charge is 2.22. The lowest BCUT2D eigenvalue weighted by atomic mass is 9.98. The minimum atomic E-state index is 0.276. The van der Waals surface area contributed by atoms with Gasteiger partial charge in [-0.1, -0.05) is 13.8 Å². The van der Waals surface area contributed by atoms with E-state index in [0.717, 1.165) is 36.6 Å². The fraction of sp³-hybridized carbons (Fsp3) is 0.700. The fourth-order valence-electron chi connectivity index (χ4n) is 1.67. The number of nitrogens with zero attached hydrogens (tertiary/aromatic N) is 1. The Kier molecular flexibility index (Phi) is 2.12. The van der Waals surface area contributed by atoms with Crippen molar-refractivity contribution in [3.8, 4) is 0 Å². The molecule has 0 fully saturated rings. The van der Waals surface area contributed by atoms with Gasteiger partial charge in [0.25, 0.3) is 0 Å². The van der Waals surface area contributed by atoms with Crippen LogP contribution < -0.4 is 5.73 Å². The molecule has 1 heterocycles. The van der Waals surface area contributed by atoms with Gasteiger partial charge in [0.1, 0.15) is 5.76 Å². The second kappa shape index (κ2) is 3.14. The van der Waals surface area contributed by atoms with Gasteiger partial charge in [-0.2, -0.15) is 0 Å². The van der Waals surface area contributed by atoms with Crippen molar-refractivity contribution < 1.29 is 4.42 Å². The van der Waals surface area contributed by atoms with Crippen molar-refractivity contribution in [3.63, 3.8) is 0 Å². The van der Waals surface area contributed by atoms with E-state index in [9.17, 15) is 0 Å². The minimum Gasteiger partial charge on any atom is -0.445 e. The maximum atomic E-state index is 5.85. The molecule has 0 saturated heterocycles. The summed E-state index contributed by atoms with van der Waals surface area (Å²) in [5.74, 6) is 2.30. The summed E-state index contributed by atoms with van der Waals surface area (Å²) < 4.78 is 5.65. The van der Waals surface area contributed by atoms with Crippen LogP contribution in [0.1, 0.15) is 43.5 Å². The molecular formula is C10H16N2O. The molecule has 3 heteroatoms. The van der Waals surface area contributed by atoms with Gasteiger partial charge in [0, 0.05) is 24.8 Å². The molecule has 0 bridgehead atoms. The summed E-state index contributed by atoms with van der Waals surface area (Å²) in [5.41, 5.74) is 6.94. The summed E-state index contributed by atoms with van der Waals surface area (Å²) in [5, 5.41) is 0. The van der Waals surface area contributed by atoms with Gasteiger partial charge >= 0.3 is 0 Å². The van der Waals surface area contributed by atoms with Gasteiger partial charge in [0.05, 0.1) is 5.69 Å². The molecule has 13 heavy (non-hydrogen) atoms. The normalized spacial score (nSPS) is 22.0. The highest BCUT2D eigenvalue weighted by molar-refractivity contribution is 5.16. The Morgan fingerprint density at radius 3 is 3.00 bits per heavy atom. The highest BCUT2D eigenvalue weighted by Crippen LogP contribution is 2.24. The van der Waals surface area contributed by atoms with Crippen molar-refractivity contribution in [1.82, 2.24) is 4.98 Å². The van der Waals surface area contributed by atoms with Gasteiger partial charge < -0.3 is 10.2 Å². The van der Waals surface area contributed by atoms with Crippen molar-refractivity contribution in [2.24, 2.45) is 5.73 Å². The molecule has 0 radical (unpaired) electrons. The van der Waals surface area contributed by atoms with E-state index >= 15 is 0 Å². The number of hydrogen-bond acceptors (Lipinski definition) is 3. The summed E-state index contributed by atoms with van der Waals surface area (Å²) in [7, 11) is 0. The van der Waals surface area contributed by atoms with Gasteiger partial charge in [0.2, 0.25) is 0 Å². The zero-order valence-electron chi connectivity index (χ0n) is 8.21. The van der Waals surface area contributed by atoms with E-state index in [-0.39, 0.29) is 6.04 Å². The molecule has 0 amide bonds. The van der Waals surface area contributed by atoms with Crippen LogP contribution >= 0.6 is 0 Å². The largest absolute Gasteiger partial charge is 0.445 e. The van der Waals surface area contributed by atoms with E-state index in [0.29, 0.717) is 5.92 Å².